The van der Waals surface area contributed by atoms with Crippen LogP contribution in [0.2, 0.25) is 0 Å². The van der Waals surface area contributed by atoms with Crippen LogP contribution in [-0.4, -0.2) is 31.4 Å². The van der Waals surface area contributed by atoms with Crippen molar-refractivity contribution in [3.05, 3.63) is 144 Å². The summed E-state index contributed by atoms with van der Waals surface area (Å²) in [5.74, 6) is -0.162. The fraction of sp³-hybridized carbons (Fsp3) is 0.0857. The van der Waals surface area contributed by atoms with Gasteiger partial charge in [-0.05, 0) is 66.6 Å². The number of carbonyl (C=O) groups excluding carboxylic acids is 2. The summed E-state index contributed by atoms with van der Waals surface area (Å²) in [5, 5.41) is 19.2. The summed E-state index contributed by atoms with van der Waals surface area (Å²) < 4.78 is 29.5. The molecule has 4 aromatic carbocycles. The fourth-order valence-electron chi connectivity index (χ4n) is 4.81. The number of rotatable bonds is 9. The molecule has 1 aromatic heterocycles. The molecule has 0 spiro atoms. The quantitative estimate of drug-likeness (QED) is 0.106. The van der Waals surface area contributed by atoms with Crippen LogP contribution in [0.3, 0.4) is 0 Å². The predicted molar refractivity (Wildman–Crippen MR) is 180 cm³/mol. The van der Waals surface area contributed by atoms with E-state index in [-0.39, 0.29) is 17.3 Å². The zero-order valence-electron chi connectivity index (χ0n) is 25.3. The molecular formula is C35H32N6O5S. The maximum atomic E-state index is 13.6. The van der Waals surface area contributed by atoms with Gasteiger partial charge in [0, 0.05) is 28.7 Å². The van der Waals surface area contributed by atoms with Crippen LogP contribution in [0.4, 0.5) is 21.0 Å². The molecular weight excluding hydrogens is 616 g/mol. The SMILES string of the molecule is CC(OC(=O)NC(=N)c1cccc(CN(C(=O)Nc2ccc(-c3ccccc3S(N)(=O)=O)cc2)c2ccccc2)c1)c1ccccn1. The van der Waals surface area contributed by atoms with Crippen molar-refractivity contribution in [1.29, 1.82) is 5.41 Å². The molecule has 0 aliphatic heterocycles. The van der Waals surface area contributed by atoms with E-state index in [1.54, 1.807) is 109 Å². The molecule has 11 nitrogen and oxygen atoms in total. The second-order valence-corrected chi connectivity index (χ2v) is 12.0. The number of amides is 3. The van der Waals surface area contributed by atoms with Gasteiger partial charge in [-0.1, -0.05) is 72.8 Å². The Hall–Kier alpha value is -5.85. The Kier molecular flexibility index (Phi) is 10.0. The molecule has 0 aliphatic carbocycles. The lowest BCUT2D eigenvalue weighted by Crippen LogP contribution is -2.35. The van der Waals surface area contributed by atoms with Crippen LogP contribution in [-0.2, 0) is 21.3 Å². The van der Waals surface area contributed by atoms with Crippen molar-refractivity contribution < 1.29 is 22.7 Å². The molecule has 0 radical (unpaired) electrons. The molecule has 0 fully saturated rings. The minimum absolute atomic E-state index is 0.00786. The summed E-state index contributed by atoms with van der Waals surface area (Å²) in [5.41, 5.74) is 3.91. The number of benzene rings is 4. The van der Waals surface area contributed by atoms with Crippen molar-refractivity contribution in [3.63, 3.8) is 0 Å². The minimum Gasteiger partial charge on any atom is -0.440 e. The first-order valence-corrected chi connectivity index (χ1v) is 16.1. The summed E-state index contributed by atoms with van der Waals surface area (Å²) >= 11 is 0. The van der Waals surface area contributed by atoms with Gasteiger partial charge in [-0.3, -0.25) is 20.6 Å². The van der Waals surface area contributed by atoms with Crippen LogP contribution in [0, 0.1) is 5.41 Å². The predicted octanol–water partition coefficient (Wildman–Crippen LogP) is 6.45. The van der Waals surface area contributed by atoms with Gasteiger partial charge in [-0.15, -0.1) is 0 Å². The Morgan fingerprint density at radius 1 is 0.894 bits per heavy atom. The third-order valence-corrected chi connectivity index (χ3v) is 8.09. The molecule has 1 atom stereocenters. The van der Waals surface area contributed by atoms with E-state index in [1.165, 1.54) is 6.07 Å². The van der Waals surface area contributed by atoms with Crippen LogP contribution < -0.4 is 20.7 Å². The number of nitrogens with one attached hydrogen (secondary N) is 3. The number of amidine groups is 1. The second kappa shape index (κ2) is 14.5. The first kappa shape index (κ1) is 32.5. The van der Waals surface area contributed by atoms with Gasteiger partial charge in [0.15, 0.2) is 0 Å². The van der Waals surface area contributed by atoms with Gasteiger partial charge in [0.05, 0.1) is 17.1 Å². The van der Waals surface area contributed by atoms with Crippen LogP contribution >= 0.6 is 0 Å². The third-order valence-electron chi connectivity index (χ3n) is 7.13. The molecule has 0 saturated carbocycles. The van der Waals surface area contributed by atoms with Crippen LogP contribution in [0.1, 0.15) is 29.8 Å². The highest BCUT2D eigenvalue weighted by atomic mass is 32.2. The van der Waals surface area contributed by atoms with Gasteiger partial charge < -0.3 is 10.1 Å². The van der Waals surface area contributed by atoms with Gasteiger partial charge in [0.25, 0.3) is 0 Å². The standard InChI is InChI=1S/C35H32N6O5S/c1-24(31-15-7-8-21-38-31)46-35(43)40-33(36)27-11-9-10-25(22-27)23-41(29-12-3-2-4-13-29)34(42)39-28-19-17-26(18-20-28)30-14-5-6-16-32(30)47(37,44)45/h2-22,24H,23H2,1H3,(H,39,42)(H2,36,40,43)(H2,37,44,45). The average molecular weight is 649 g/mol. The molecule has 0 bridgehead atoms. The van der Waals surface area contributed by atoms with E-state index in [9.17, 15) is 18.0 Å². The van der Waals surface area contributed by atoms with E-state index in [1.807, 2.05) is 24.3 Å². The zero-order chi connectivity index (χ0) is 33.4. The van der Waals surface area contributed by atoms with Gasteiger partial charge in [-0.2, -0.15) is 0 Å². The zero-order valence-corrected chi connectivity index (χ0v) is 26.1. The van der Waals surface area contributed by atoms with Gasteiger partial charge >= 0.3 is 12.1 Å². The van der Waals surface area contributed by atoms with Crippen molar-refractivity contribution in [1.82, 2.24) is 10.3 Å². The molecule has 1 unspecified atom stereocenters. The Bertz CT molecular complexity index is 1990. The van der Waals surface area contributed by atoms with Crippen molar-refractivity contribution in [3.8, 4) is 11.1 Å². The number of ether oxygens (including phenoxy) is 1. The summed E-state index contributed by atoms with van der Waals surface area (Å²) in [4.78, 5) is 31.9. The van der Waals surface area contributed by atoms with E-state index in [0.29, 0.717) is 39.3 Å². The number of aromatic nitrogens is 1. The number of hydrogen-bond acceptors (Lipinski definition) is 7. The Morgan fingerprint density at radius 3 is 2.30 bits per heavy atom. The van der Waals surface area contributed by atoms with Gasteiger partial charge in [0.1, 0.15) is 11.9 Å². The van der Waals surface area contributed by atoms with E-state index in [0.717, 1.165) is 0 Å². The maximum Gasteiger partial charge on any atom is 0.413 e. The monoisotopic (exact) mass is 648 g/mol. The Morgan fingerprint density at radius 2 is 1.60 bits per heavy atom. The van der Waals surface area contributed by atoms with Crippen LogP contribution in [0.25, 0.3) is 11.1 Å². The summed E-state index contributed by atoms with van der Waals surface area (Å²) in [6.45, 7) is 1.84. The molecule has 5 rings (SSSR count). The first-order valence-electron chi connectivity index (χ1n) is 14.5. The number of carbonyl (C=O) groups is 2. The minimum atomic E-state index is -3.93. The number of pyridine rings is 1. The highest BCUT2D eigenvalue weighted by molar-refractivity contribution is 7.89. The number of primary sulfonamides is 1. The first-order chi connectivity index (χ1) is 22.6. The highest BCUT2D eigenvalue weighted by Gasteiger charge is 2.19. The van der Waals surface area contributed by atoms with E-state index < -0.39 is 28.3 Å². The van der Waals surface area contributed by atoms with Crippen molar-refractivity contribution >= 4 is 39.4 Å². The number of nitrogens with zero attached hydrogens (tertiary/aromatic N) is 2. The van der Waals surface area contributed by atoms with Gasteiger partial charge in [-0.25, -0.2) is 23.1 Å². The number of sulfonamides is 1. The molecule has 0 saturated heterocycles. The second-order valence-electron chi connectivity index (χ2n) is 10.5. The molecule has 0 aliphatic rings. The highest BCUT2D eigenvalue weighted by Crippen LogP contribution is 2.28. The fourth-order valence-corrected chi connectivity index (χ4v) is 5.58. The van der Waals surface area contributed by atoms with Gasteiger partial charge in [0.2, 0.25) is 10.0 Å². The molecule has 5 N–H and O–H groups in total. The molecule has 1 heterocycles. The maximum absolute atomic E-state index is 13.6. The smallest absolute Gasteiger partial charge is 0.413 e. The normalized spacial score (nSPS) is 11.6. The topological polar surface area (TPSA) is 168 Å². The summed E-state index contributed by atoms with van der Waals surface area (Å²) in [6, 6.07) is 34.1. The average Bonchev–Trinajstić information content (AvgIpc) is 3.08. The van der Waals surface area contributed by atoms with E-state index in [4.69, 9.17) is 15.3 Å². The van der Waals surface area contributed by atoms with E-state index in [2.05, 4.69) is 15.6 Å². The summed E-state index contributed by atoms with van der Waals surface area (Å²) in [6.07, 6.45) is 0.209. The Labute approximate surface area is 272 Å². The number of anilines is 2. The lowest BCUT2D eigenvalue weighted by molar-refractivity contribution is 0.110. The number of para-hydroxylation sites is 1. The number of urea groups is 1. The molecule has 47 heavy (non-hydrogen) atoms. The van der Waals surface area contributed by atoms with Crippen LogP contribution in [0.5, 0.6) is 0 Å². The molecule has 3 amide bonds. The van der Waals surface area contributed by atoms with Crippen LogP contribution in [0.15, 0.2) is 132 Å². The lowest BCUT2D eigenvalue weighted by atomic mass is 10.1. The Balaban J connectivity index is 1.29. The number of hydrogen-bond donors (Lipinski definition) is 4. The molecule has 5 aromatic rings. The van der Waals surface area contributed by atoms with E-state index >= 15 is 0 Å². The van der Waals surface area contributed by atoms with Crippen molar-refractivity contribution in [2.45, 2.75) is 24.5 Å². The van der Waals surface area contributed by atoms with Crippen molar-refractivity contribution in [2.24, 2.45) is 5.14 Å². The number of nitrogens with two attached hydrogens (primary N) is 1. The largest absolute Gasteiger partial charge is 0.440 e. The molecule has 238 valence electrons. The summed E-state index contributed by atoms with van der Waals surface area (Å²) in [7, 11) is -3.93. The van der Waals surface area contributed by atoms with Crippen molar-refractivity contribution in [2.75, 3.05) is 10.2 Å². The lowest BCUT2D eigenvalue weighted by Gasteiger charge is -2.24. The number of alkyl carbamates (subject to hydrolysis) is 1. The third kappa shape index (κ3) is 8.45. The molecule has 12 heteroatoms.